The average molecular weight is 390 g/mol. The Hall–Kier alpha value is -2.98. The molecule has 0 aliphatic carbocycles. The van der Waals surface area contributed by atoms with E-state index in [-0.39, 0.29) is 11.7 Å². The Morgan fingerprint density at radius 2 is 1.31 bits per heavy atom. The highest BCUT2D eigenvalue weighted by Crippen LogP contribution is 2.23. The van der Waals surface area contributed by atoms with Crippen molar-refractivity contribution in [2.75, 3.05) is 40.8 Å². The van der Waals surface area contributed by atoms with Gasteiger partial charge < -0.3 is 9.38 Å². The van der Waals surface area contributed by atoms with E-state index in [4.69, 9.17) is 0 Å². The lowest BCUT2D eigenvalue weighted by Gasteiger charge is -2.31. The van der Waals surface area contributed by atoms with Crippen LogP contribution >= 0.6 is 0 Å². The van der Waals surface area contributed by atoms with Crippen LogP contribution in [-0.2, 0) is 9.59 Å². The zero-order valence-electron chi connectivity index (χ0n) is 17.5. The summed E-state index contributed by atoms with van der Waals surface area (Å²) in [5.74, 6) is 0.108. The fourth-order valence-corrected chi connectivity index (χ4v) is 3.31. The number of nitrogens with zero attached hydrogens (tertiary/aromatic N) is 2. The minimum Gasteiger partial charge on any atom is -0.334 e. The van der Waals surface area contributed by atoms with Crippen LogP contribution in [0.2, 0.25) is 0 Å². The number of carbonyl (C=O) groups excluding carboxylic acids is 2. The fraction of sp³-hybridized carbons (Fsp3) is 0.280. The molecule has 1 saturated heterocycles. The molecule has 0 aromatic heterocycles. The molecule has 150 valence electrons. The molecule has 29 heavy (non-hydrogen) atoms. The normalized spacial score (nSPS) is 17.8. The number of piperidine rings is 1. The number of rotatable bonds is 5. The Kier molecular flexibility index (Phi) is 6.45. The third-order valence-electron chi connectivity index (χ3n) is 4.94. The minimum absolute atomic E-state index is 0.0216. The second-order valence-corrected chi connectivity index (χ2v) is 8.50. The first-order valence-corrected chi connectivity index (χ1v) is 9.96. The second kappa shape index (κ2) is 9.01. The molecule has 0 atom stereocenters. The van der Waals surface area contributed by atoms with Crippen molar-refractivity contribution in [3.05, 3.63) is 82.9 Å². The predicted molar refractivity (Wildman–Crippen MR) is 118 cm³/mol. The van der Waals surface area contributed by atoms with Crippen LogP contribution in [0.1, 0.15) is 17.5 Å². The highest BCUT2D eigenvalue weighted by atomic mass is 16.2. The number of Topliss-reactive ketones (excluding diaryl/α,β-unsaturated/α-hetero) is 1. The molecule has 0 bridgehead atoms. The Morgan fingerprint density at radius 1 is 0.862 bits per heavy atom. The molecular formula is C25H29N2O2+. The van der Waals surface area contributed by atoms with Crippen LogP contribution in [0.25, 0.3) is 12.2 Å². The molecule has 2 aromatic carbocycles. The van der Waals surface area contributed by atoms with Gasteiger partial charge in [0.1, 0.15) is 0 Å². The quantitative estimate of drug-likeness (QED) is 0.578. The summed E-state index contributed by atoms with van der Waals surface area (Å²) in [6, 6.07) is 19.6. The Morgan fingerprint density at radius 3 is 1.72 bits per heavy atom. The van der Waals surface area contributed by atoms with Gasteiger partial charge in [0.05, 0.1) is 34.1 Å². The van der Waals surface area contributed by atoms with Crippen LogP contribution in [0.15, 0.2) is 71.8 Å². The van der Waals surface area contributed by atoms with Gasteiger partial charge in [0, 0.05) is 24.2 Å². The van der Waals surface area contributed by atoms with E-state index in [0.29, 0.717) is 30.7 Å². The SMILES string of the molecule is C[N+](C)(C)CCC(=O)N1C/C(=C\c2ccccc2)C(=O)/C(=C/c2ccccc2)C1. The maximum Gasteiger partial charge on any atom is 0.228 e. The van der Waals surface area contributed by atoms with E-state index in [1.54, 1.807) is 4.90 Å². The van der Waals surface area contributed by atoms with E-state index >= 15 is 0 Å². The largest absolute Gasteiger partial charge is 0.334 e. The fourth-order valence-electron chi connectivity index (χ4n) is 3.31. The number of likely N-dealkylation sites (tertiary alicyclic amines) is 1. The van der Waals surface area contributed by atoms with Gasteiger partial charge in [-0.3, -0.25) is 9.59 Å². The highest BCUT2D eigenvalue weighted by molar-refractivity contribution is 6.15. The van der Waals surface area contributed by atoms with Crippen LogP contribution < -0.4 is 0 Å². The van der Waals surface area contributed by atoms with Crippen LogP contribution in [0.4, 0.5) is 0 Å². The Bertz CT molecular complexity index is 861. The molecular weight excluding hydrogens is 360 g/mol. The standard InChI is InChI=1S/C25H29N2O2/c1-27(2,3)15-14-24(28)26-18-22(16-20-10-6-4-7-11-20)25(29)23(19-26)17-21-12-8-5-9-13-21/h4-13,16-17H,14-15,18-19H2,1-3H3/q+1/b22-16+,23-17+. The lowest BCUT2D eigenvalue weighted by Crippen LogP contribution is -2.44. The second-order valence-electron chi connectivity index (χ2n) is 8.50. The Balaban J connectivity index is 1.90. The maximum absolute atomic E-state index is 13.1. The zero-order valence-corrected chi connectivity index (χ0v) is 17.5. The van der Waals surface area contributed by atoms with Crippen molar-refractivity contribution >= 4 is 23.8 Å². The molecule has 3 rings (SSSR count). The molecule has 4 nitrogen and oxygen atoms in total. The van der Waals surface area contributed by atoms with Crippen molar-refractivity contribution in [3.63, 3.8) is 0 Å². The van der Waals surface area contributed by atoms with Crippen LogP contribution in [-0.4, -0.2) is 61.9 Å². The van der Waals surface area contributed by atoms with E-state index in [0.717, 1.165) is 22.2 Å². The smallest absolute Gasteiger partial charge is 0.228 e. The molecule has 0 spiro atoms. The summed E-state index contributed by atoms with van der Waals surface area (Å²) in [5, 5.41) is 0. The summed E-state index contributed by atoms with van der Waals surface area (Å²) in [6.07, 6.45) is 4.27. The first kappa shape index (κ1) is 20.7. The van der Waals surface area contributed by atoms with Crippen molar-refractivity contribution in [1.82, 2.24) is 4.90 Å². The molecule has 1 amide bonds. The molecule has 2 aromatic rings. The predicted octanol–water partition coefficient (Wildman–Crippen LogP) is 3.66. The van der Waals surface area contributed by atoms with E-state index in [1.165, 1.54) is 0 Å². The van der Waals surface area contributed by atoms with Gasteiger partial charge in [-0.25, -0.2) is 0 Å². The number of carbonyl (C=O) groups is 2. The minimum atomic E-state index is 0.0216. The molecule has 1 aliphatic rings. The van der Waals surface area contributed by atoms with E-state index < -0.39 is 0 Å². The highest BCUT2D eigenvalue weighted by Gasteiger charge is 2.29. The lowest BCUT2D eigenvalue weighted by molar-refractivity contribution is -0.869. The summed E-state index contributed by atoms with van der Waals surface area (Å²) >= 11 is 0. The zero-order chi connectivity index (χ0) is 20.9. The summed E-state index contributed by atoms with van der Waals surface area (Å²) in [6.45, 7) is 1.48. The van der Waals surface area contributed by atoms with E-state index in [9.17, 15) is 9.59 Å². The third kappa shape index (κ3) is 6.00. The van der Waals surface area contributed by atoms with Gasteiger partial charge in [-0.05, 0) is 23.3 Å². The molecule has 1 heterocycles. The van der Waals surface area contributed by atoms with E-state index in [2.05, 4.69) is 21.1 Å². The van der Waals surface area contributed by atoms with Crippen molar-refractivity contribution in [3.8, 4) is 0 Å². The van der Waals surface area contributed by atoms with Gasteiger partial charge in [0.25, 0.3) is 0 Å². The van der Waals surface area contributed by atoms with Gasteiger partial charge in [0.2, 0.25) is 5.91 Å². The summed E-state index contributed by atoms with van der Waals surface area (Å²) in [5.41, 5.74) is 3.25. The van der Waals surface area contributed by atoms with Crippen LogP contribution in [0.5, 0.6) is 0 Å². The van der Waals surface area contributed by atoms with Gasteiger partial charge in [-0.15, -0.1) is 0 Å². The van der Waals surface area contributed by atoms with Crippen molar-refractivity contribution in [1.29, 1.82) is 0 Å². The van der Waals surface area contributed by atoms with Crippen LogP contribution in [0.3, 0.4) is 0 Å². The van der Waals surface area contributed by atoms with E-state index in [1.807, 2.05) is 72.8 Å². The van der Waals surface area contributed by atoms with Gasteiger partial charge in [-0.1, -0.05) is 60.7 Å². The first-order valence-electron chi connectivity index (χ1n) is 9.96. The molecule has 0 radical (unpaired) electrons. The topological polar surface area (TPSA) is 37.4 Å². The average Bonchev–Trinajstić information content (AvgIpc) is 2.70. The summed E-state index contributed by atoms with van der Waals surface area (Å²) in [4.78, 5) is 27.8. The van der Waals surface area contributed by atoms with Crippen molar-refractivity contribution in [2.24, 2.45) is 0 Å². The number of ketones is 1. The molecule has 1 aliphatic heterocycles. The number of amides is 1. The lowest BCUT2D eigenvalue weighted by atomic mass is 9.94. The summed E-state index contributed by atoms with van der Waals surface area (Å²) < 4.78 is 0.734. The molecule has 0 unspecified atom stereocenters. The maximum atomic E-state index is 13.1. The monoisotopic (exact) mass is 389 g/mol. The number of hydrogen-bond acceptors (Lipinski definition) is 2. The van der Waals surface area contributed by atoms with Gasteiger partial charge in [-0.2, -0.15) is 0 Å². The third-order valence-corrected chi connectivity index (χ3v) is 4.94. The molecule has 0 N–H and O–H groups in total. The van der Waals surface area contributed by atoms with Crippen molar-refractivity contribution < 1.29 is 14.1 Å². The van der Waals surface area contributed by atoms with Gasteiger partial charge >= 0.3 is 0 Å². The number of quaternary nitrogens is 1. The van der Waals surface area contributed by atoms with Crippen LogP contribution in [0, 0.1) is 0 Å². The number of benzene rings is 2. The molecule has 1 fully saturated rings. The first-order chi connectivity index (χ1) is 13.8. The summed E-state index contributed by atoms with van der Waals surface area (Å²) in [7, 11) is 6.23. The molecule has 4 heteroatoms. The number of hydrogen-bond donors (Lipinski definition) is 0. The van der Waals surface area contributed by atoms with Crippen molar-refractivity contribution in [2.45, 2.75) is 6.42 Å². The van der Waals surface area contributed by atoms with Gasteiger partial charge in [0.15, 0.2) is 5.78 Å². The Labute approximate surface area is 173 Å². The molecule has 0 saturated carbocycles.